The topological polar surface area (TPSA) is 67.1 Å². The number of nitrogens with one attached hydrogen (secondary N) is 2. The number of halogens is 2. The molecule has 0 bridgehead atoms. The van der Waals surface area contributed by atoms with Crippen molar-refractivity contribution in [1.82, 2.24) is 25.4 Å². The van der Waals surface area contributed by atoms with Gasteiger partial charge in [0, 0.05) is 26.1 Å². The Balaban J connectivity index is 0.00000288. The number of aryl methyl sites for hydroxylation is 1. The normalized spacial score (nSPS) is 11.0. The lowest BCUT2D eigenvalue weighted by molar-refractivity contribution is 0.626. The molecule has 0 radical (unpaired) electrons. The Hall–Kier alpha value is -1.71. The van der Waals surface area contributed by atoms with Crippen LogP contribution in [-0.4, -0.2) is 33.8 Å². The van der Waals surface area contributed by atoms with E-state index in [-0.39, 0.29) is 29.8 Å². The summed E-state index contributed by atoms with van der Waals surface area (Å²) in [5.41, 5.74) is 0.968. The summed E-state index contributed by atoms with van der Waals surface area (Å²) in [6, 6.07) is 6.38. The predicted octanol–water partition coefficient (Wildman–Crippen LogP) is 2.35. The van der Waals surface area contributed by atoms with E-state index in [0.717, 1.165) is 43.4 Å². The molecule has 0 aliphatic carbocycles. The minimum Gasteiger partial charge on any atom is -0.357 e. The number of guanidine groups is 1. The lowest BCUT2D eigenvalue weighted by atomic mass is 10.2. The molecule has 0 amide bonds. The maximum absolute atomic E-state index is 12.9. The second kappa shape index (κ2) is 11.0. The SMILES string of the molecule is CCNC(=NCc1ccc(F)cc1)NCCn1cnnc1CC.I. The van der Waals surface area contributed by atoms with Crippen LogP contribution in [0, 0.1) is 5.82 Å². The molecule has 2 rings (SSSR count). The zero-order valence-corrected chi connectivity index (χ0v) is 16.3. The van der Waals surface area contributed by atoms with Crippen LogP contribution in [0.3, 0.4) is 0 Å². The first-order valence-corrected chi connectivity index (χ1v) is 7.86. The molecule has 0 saturated heterocycles. The molecule has 2 N–H and O–H groups in total. The zero-order valence-electron chi connectivity index (χ0n) is 14.0. The van der Waals surface area contributed by atoms with Crippen molar-refractivity contribution in [2.75, 3.05) is 13.1 Å². The van der Waals surface area contributed by atoms with Gasteiger partial charge in [0.2, 0.25) is 0 Å². The lowest BCUT2D eigenvalue weighted by Crippen LogP contribution is -2.38. The fourth-order valence-corrected chi connectivity index (χ4v) is 2.14. The number of benzene rings is 1. The van der Waals surface area contributed by atoms with E-state index in [2.05, 4.69) is 32.7 Å². The number of rotatable bonds is 7. The summed E-state index contributed by atoms with van der Waals surface area (Å²) in [5.74, 6) is 1.48. The molecular weight excluding hydrogens is 422 g/mol. The quantitative estimate of drug-likeness (QED) is 0.390. The first-order chi connectivity index (χ1) is 11.2. The summed E-state index contributed by atoms with van der Waals surface area (Å²) in [7, 11) is 0. The van der Waals surface area contributed by atoms with Crippen LogP contribution >= 0.6 is 24.0 Å². The molecule has 0 fully saturated rings. The summed E-state index contributed by atoms with van der Waals surface area (Å²) in [5, 5.41) is 14.5. The van der Waals surface area contributed by atoms with Gasteiger partial charge >= 0.3 is 0 Å². The Morgan fingerprint density at radius 1 is 1.21 bits per heavy atom. The maximum Gasteiger partial charge on any atom is 0.191 e. The van der Waals surface area contributed by atoms with E-state index < -0.39 is 0 Å². The highest BCUT2D eigenvalue weighted by atomic mass is 127. The van der Waals surface area contributed by atoms with Gasteiger partial charge in [-0.3, -0.25) is 0 Å². The molecule has 0 aliphatic rings. The number of hydrogen-bond donors (Lipinski definition) is 2. The molecule has 0 saturated carbocycles. The van der Waals surface area contributed by atoms with E-state index in [1.54, 1.807) is 18.5 Å². The molecule has 1 aromatic carbocycles. The van der Waals surface area contributed by atoms with Crippen molar-refractivity contribution in [2.24, 2.45) is 4.99 Å². The zero-order chi connectivity index (χ0) is 16.5. The first kappa shape index (κ1) is 20.3. The average molecular weight is 446 g/mol. The van der Waals surface area contributed by atoms with Crippen LogP contribution in [0.15, 0.2) is 35.6 Å². The van der Waals surface area contributed by atoms with Crippen LogP contribution in [-0.2, 0) is 19.5 Å². The van der Waals surface area contributed by atoms with Crippen molar-refractivity contribution in [3.8, 4) is 0 Å². The van der Waals surface area contributed by atoms with Crippen LogP contribution in [0.1, 0.15) is 25.2 Å². The molecule has 6 nitrogen and oxygen atoms in total. The standard InChI is InChI=1S/C16H23FN6.HI/c1-3-15-22-21-12-23(15)10-9-19-16(18-4-2)20-11-13-5-7-14(17)8-6-13;/h5-8,12H,3-4,9-11H2,1-2H3,(H2,18,19,20);1H. The molecule has 0 atom stereocenters. The highest BCUT2D eigenvalue weighted by molar-refractivity contribution is 14.0. The second-order valence-electron chi connectivity index (χ2n) is 5.04. The van der Waals surface area contributed by atoms with Crippen LogP contribution < -0.4 is 10.6 Å². The Kier molecular flexibility index (Phi) is 9.28. The average Bonchev–Trinajstić information content (AvgIpc) is 3.01. The molecule has 2 aromatic rings. The van der Waals surface area contributed by atoms with Crippen molar-refractivity contribution in [3.05, 3.63) is 47.8 Å². The third kappa shape index (κ3) is 6.42. The van der Waals surface area contributed by atoms with Crippen LogP contribution in [0.5, 0.6) is 0 Å². The monoisotopic (exact) mass is 446 g/mol. The van der Waals surface area contributed by atoms with Crippen LogP contribution in [0.25, 0.3) is 0 Å². The van der Waals surface area contributed by atoms with E-state index in [9.17, 15) is 4.39 Å². The van der Waals surface area contributed by atoms with Gasteiger partial charge in [-0.15, -0.1) is 34.2 Å². The van der Waals surface area contributed by atoms with E-state index >= 15 is 0 Å². The highest BCUT2D eigenvalue weighted by Gasteiger charge is 2.02. The smallest absolute Gasteiger partial charge is 0.191 e. The molecule has 0 spiro atoms. The fraction of sp³-hybridized carbons (Fsp3) is 0.438. The lowest BCUT2D eigenvalue weighted by Gasteiger charge is -2.12. The molecule has 132 valence electrons. The van der Waals surface area contributed by atoms with Crippen molar-refractivity contribution in [1.29, 1.82) is 0 Å². The minimum atomic E-state index is -0.233. The molecule has 0 aliphatic heterocycles. The van der Waals surface area contributed by atoms with Gasteiger partial charge in [-0.05, 0) is 24.6 Å². The Labute approximate surface area is 159 Å². The van der Waals surface area contributed by atoms with Gasteiger partial charge in [-0.1, -0.05) is 19.1 Å². The van der Waals surface area contributed by atoms with Crippen molar-refractivity contribution in [2.45, 2.75) is 33.4 Å². The third-order valence-electron chi connectivity index (χ3n) is 3.33. The van der Waals surface area contributed by atoms with Crippen molar-refractivity contribution < 1.29 is 4.39 Å². The number of hydrogen-bond acceptors (Lipinski definition) is 3. The summed E-state index contributed by atoms with van der Waals surface area (Å²) in [6.07, 6.45) is 2.60. The van der Waals surface area contributed by atoms with E-state index in [0.29, 0.717) is 6.54 Å². The van der Waals surface area contributed by atoms with E-state index in [1.165, 1.54) is 12.1 Å². The Bertz CT molecular complexity index is 626. The molecule has 1 heterocycles. The van der Waals surface area contributed by atoms with Gasteiger partial charge in [0.05, 0.1) is 6.54 Å². The molecular formula is C16H24FIN6. The van der Waals surface area contributed by atoms with Crippen LogP contribution in [0.2, 0.25) is 0 Å². The van der Waals surface area contributed by atoms with Gasteiger partial charge in [-0.25, -0.2) is 9.38 Å². The summed E-state index contributed by atoms with van der Waals surface area (Å²) < 4.78 is 14.9. The van der Waals surface area contributed by atoms with E-state index in [4.69, 9.17) is 0 Å². The largest absolute Gasteiger partial charge is 0.357 e. The van der Waals surface area contributed by atoms with Crippen molar-refractivity contribution in [3.63, 3.8) is 0 Å². The van der Waals surface area contributed by atoms with Crippen LogP contribution in [0.4, 0.5) is 4.39 Å². The van der Waals surface area contributed by atoms with Crippen molar-refractivity contribution >= 4 is 29.9 Å². The predicted molar refractivity (Wildman–Crippen MR) is 104 cm³/mol. The molecule has 0 unspecified atom stereocenters. The second-order valence-corrected chi connectivity index (χ2v) is 5.04. The van der Waals surface area contributed by atoms with Gasteiger partial charge in [0.1, 0.15) is 18.0 Å². The minimum absolute atomic E-state index is 0. The number of aliphatic imine (C=N–C) groups is 1. The van der Waals surface area contributed by atoms with Gasteiger partial charge in [0.15, 0.2) is 5.96 Å². The first-order valence-electron chi connectivity index (χ1n) is 7.86. The molecule has 1 aromatic heterocycles. The third-order valence-corrected chi connectivity index (χ3v) is 3.33. The Morgan fingerprint density at radius 3 is 2.62 bits per heavy atom. The van der Waals surface area contributed by atoms with Gasteiger partial charge in [-0.2, -0.15) is 0 Å². The number of aromatic nitrogens is 3. The van der Waals surface area contributed by atoms with Gasteiger partial charge < -0.3 is 15.2 Å². The van der Waals surface area contributed by atoms with E-state index in [1.807, 2.05) is 11.5 Å². The van der Waals surface area contributed by atoms with Gasteiger partial charge in [0.25, 0.3) is 0 Å². The summed E-state index contributed by atoms with van der Waals surface area (Å²) in [6.45, 7) is 6.86. The highest BCUT2D eigenvalue weighted by Crippen LogP contribution is 2.03. The maximum atomic E-state index is 12.9. The fourth-order valence-electron chi connectivity index (χ4n) is 2.14. The number of nitrogens with zero attached hydrogens (tertiary/aromatic N) is 4. The molecule has 24 heavy (non-hydrogen) atoms. The summed E-state index contributed by atoms with van der Waals surface area (Å²) >= 11 is 0. The Morgan fingerprint density at radius 2 is 1.96 bits per heavy atom. The molecule has 8 heteroatoms. The summed E-state index contributed by atoms with van der Waals surface area (Å²) in [4.78, 5) is 4.51.